The largest absolute Gasteiger partial charge is 0.331 e. The molecule has 2 nitrogen and oxygen atoms in total. The summed E-state index contributed by atoms with van der Waals surface area (Å²) in [6.07, 6.45) is 0. The molecule has 118 valence electrons. The first-order chi connectivity index (χ1) is 10.9. The second-order valence-electron chi connectivity index (χ2n) is 5.48. The summed E-state index contributed by atoms with van der Waals surface area (Å²) in [4.78, 5) is 5.91. The highest BCUT2D eigenvalue weighted by Gasteiger charge is 2.11. The molecule has 2 aromatic carbocycles. The van der Waals surface area contributed by atoms with Gasteiger partial charge in [-0.05, 0) is 56.2 Å². The van der Waals surface area contributed by atoms with Crippen molar-refractivity contribution in [3.05, 3.63) is 62.4 Å². The molecular weight excluding hydrogens is 347 g/mol. The normalized spacial score (nSPS) is 10.8. The topological polar surface area (TPSA) is 24.9 Å². The van der Waals surface area contributed by atoms with Gasteiger partial charge in [-0.3, -0.25) is 0 Å². The zero-order chi connectivity index (χ0) is 16.6. The first kappa shape index (κ1) is 16.3. The maximum absolute atomic E-state index is 6.06. The van der Waals surface area contributed by atoms with Crippen LogP contribution in [0.25, 0.3) is 11.3 Å². The summed E-state index contributed by atoms with van der Waals surface area (Å²) >= 11 is 13.6. The van der Waals surface area contributed by atoms with Crippen LogP contribution in [0.2, 0.25) is 10.0 Å². The van der Waals surface area contributed by atoms with E-state index < -0.39 is 0 Å². The minimum atomic E-state index is 0.527. The lowest BCUT2D eigenvalue weighted by Crippen LogP contribution is -1.90. The number of nitrogens with one attached hydrogen (secondary N) is 1. The van der Waals surface area contributed by atoms with Gasteiger partial charge >= 0.3 is 0 Å². The molecule has 1 N–H and O–H groups in total. The van der Waals surface area contributed by atoms with Crippen molar-refractivity contribution in [2.75, 3.05) is 5.32 Å². The van der Waals surface area contributed by atoms with Crippen molar-refractivity contribution in [3.8, 4) is 11.3 Å². The highest BCUT2D eigenvalue weighted by molar-refractivity contribution is 7.16. The summed E-state index contributed by atoms with van der Waals surface area (Å²) < 4.78 is 0. The van der Waals surface area contributed by atoms with Gasteiger partial charge in [0.2, 0.25) is 0 Å². The van der Waals surface area contributed by atoms with Crippen LogP contribution in [0, 0.1) is 20.8 Å². The Labute approximate surface area is 150 Å². The van der Waals surface area contributed by atoms with Gasteiger partial charge in [-0.25, -0.2) is 4.98 Å². The van der Waals surface area contributed by atoms with Crippen molar-refractivity contribution in [1.29, 1.82) is 0 Å². The van der Waals surface area contributed by atoms with E-state index >= 15 is 0 Å². The Morgan fingerprint density at radius 3 is 2.39 bits per heavy atom. The third-order valence-corrected chi connectivity index (χ3v) is 5.37. The van der Waals surface area contributed by atoms with E-state index in [0.29, 0.717) is 10.0 Å². The Kier molecular flexibility index (Phi) is 4.62. The lowest BCUT2D eigenvalue weighted by Gasteiger charge is -2.04. The minimum absolute atomic E-state index is 0.527. The monoisotopic (exact) mass is 362 g/mol. The number of nitrogens with zero attached hydrogens (tertiary/aromatic N) is 1. The van der Waals surface area contributed by atoms with Gasteiger partial charge in [0, 0.05) is 16.1 Å². The van der Waals surface area contributed by atoms with Crippen LogP contribution in [0.15, 0.2) is 36.4 Å². The van der Waals surface area contributed by atoms with E-state index in [0.717, 1.165) is 22.1 Å². The van der Waals surface area contributed by atoms with Crippen molar-refractivity contribution < 1.29 is 0 Å². The number of thiazole rings is 1. The smallest absolute Gasteiger partial charge is 0.187 e. The summed E-state index contributed by atoms with van der Waals surface area (Å²) in [5.41, 5.74) is 5.59. The second kappa shape index (κ2) is 6.52. The van der Waals surface area contributed by atoms with Crippen LogP contribution in [-0.4, -0.2) is 4.98 Å². The summed E-state index contributed by atoms with van der Waals surface area (Å²) in [7, 11) is 0. The molecule has 0 radical (unpaired) electrons. The first-order valence-corrected chi connectivity index (χ1v) is 8.78. The molecule has 3 aromatic rings. The van der Waals surface area contributed by atoms with Gasteiger partial charge in [-0.15, -0.1) is 11.3 Å². The van der Waals surface area contributed by atoms with Crippen LogP contribution in [0.5, 0.6) is 0 Å². The summed E-state index contributed by atoms with van der Waals surface area (Å²) in [6, 6.07) is 11.9. The number of aromatic nitrogens is 1. The molecule has 0 spiro atoms. The van der Waals surface area contributed by atoms with Crippen LogP contribution in [-0.2, 0) is 0 Å². The van der Waals surface area contributed by atoms with Crippen LogP contribution in [0.4, 0.5) is 10.8 Å². The van der Waals surface area contributed by atoms with Crippen LogP contribution < -0.4 is 5.32 Å². The van der Waals surface area contributed by atoms with Gasteiger partial charge < -0.3 is 5.32 Å². The number of benzene rings is 2. The van der Waals surface area contributed by atoms with Crippen LogP contribution >= 0.6 is 34.5 Å². The van der Waals surface area contributed by atoms with Crippen molar-refractivity contribution in [2.45, 2.75) is 20.8 Å². The van der Waals surface area contributed by atoms with Crippen molar-refractivity contribution >= 4 is 45.4 Å². The Morgan fingerprint density at radius 2 is 1.70 bits per heavy atom. The van der Waals surface area contributed by atoms with Gasteiger partial charge in [0.25, 0.3) is 0 Å². The molecule has 0 aliphatic rings. The molecule has 0 fully saturated rings. The Morgan fingerprint density at radius 1 is 0.913 bits per heavy atom. The molecule has 0 saturated carbocycles. The lowest BCUT2D eigenvalue weighted by atomic mass is 10.0. The minimum Gasteiger partial charge on any atom is -0.331 e. The Bertz CT molecular complexity index is 871. The second-order valence-corrected chi connectivity index (χ2v) is 7.49. The van der Waals surface area contributed by atoms with Crippen molar-refractivity contribution in [1.82, 2.24) is 4.98 Å². The number of hydrogen-bond donors (Lipinski definition) is 1. The maximum atomic E-state index is 6.06. The van der Waals surface area contributed by atoms with E-state index in [9.17, 15) is 0 Å². The van der Waals surface area contributed by atoms with E-state index in [1.54, 1.807) is 23.5 Å². The molecule has 0 bridgehead atoms. The van der Waals surface area contributed by atoms with Gasteiger partial charge in [0.05, 0.1) is 15.7 Å². The molecule has 0 saturated heterocycles. The fourth-order valence-corrected chi connectivity index (χ4v) is 3.46. The van der Waals surface area contributed by atoms with E-state index in [1.807, 2.05) is 6.07 Å². The zero-order valence-corrected chi connectivity index (χ0v) is 15.4. The lowest BCUT2D eigenvalue weighted by molar-refractivity contribution is 1.31. The SMILES string of the molecule is Cc1ccc(-c2nc(Nc3ccc(Cl)c(Cl)c3)sc2C)cc1C. The number of aryl methyl sites for hydroxylation is 3. The predicted molar refractivity (Wildman–Crippen MR) is 102 cm³/mol. The molecule has 0 aliphatic carbocycles. The Balaban J connectivity index is 1.91. The predicted octanol–water partition coefficient (Wildman–Crippen LogP) is 6.79. The van der Waals surface area contributed by atoms with Crippen LogP contribution in [0.3, 0.4) is 0 Å². The third-order valence-electron chi connectivity index (χ3n) is 3.75. The van der Waals surface area contributed by atoms with Crippen molar-refractivity contribution in [2.24, 2.45) is 0 Å². The fourth-order valence-electron chi connectivity index (χ4n) is 2.30. The van der Waals surface area contributed by atoms with E-state index in [4.69, 9.17) is 28.2 Å². The third kappa shape index (κ3) is 3.52. The number of anilines is 2. The number of hydrogen-bond acceptors (Lipinski definition) is 3. The maximum Gasteiger partial charge on any atom is 0.187 e. The summed E-state index contributed by atoms with van der Waals surface area (Å²) in [5.74, 6) is 0. The van der Waals surface area contributed by atoms with E-state index in [-0.39, 0.29) is 0 Å². The summed E-state index contributed by atoms with van der Waals surface area (Å²) in [5, 5.41) is 5.21. The molecular formula is C18H16Cl2N2S. The molecule has 0 amide bonds. The standard InChI is InChI=1S/C18H16Cl2N2S/c1-10-4-5-13(8-11(10)2)17-12(3)23-18(22-17)21-14-6-7-15(19)16(20)9-14/h4-9H,1-3H3,(H,21,22). The quantitative estimate of drug-likeness (QED) is 0.554. The fraction of sp³-hybridized carbons (Fsp3) is 0.167. The average Bonchev–Trinajstić information content (AvgIpc) is 2.86. The highest BCUT2D eigenvalue weighted by atomic mass is 35.5. The molecule has 0 unspecified atom stereocenters. The van der Waals surface area contributed by atoms with Gasteiger partial charge in [-0.1, -0.05) is 35.3 Å². The van der Waals surface area contributed by atoms with Gasteiger partial charge in [0.1, 0.15) is 0 Å². The average molecular weight is 363 g/mol. The molecule has 5 heteroatoms. The molecule has 1 heterocycles. The molecule has 0 aliphatic heterocycles. The number of rotatable bonds is 3. The number of halogens is 2. The summed E-state index contributed by atoms with van der Waals surface area (Å²) in [6.45, 7) is 6.32. The zero-order valence-electron chi connectivity index (χ0n) is 13.1. The van der Waals surface area contributed by atoms with Crippen LogP contribution in [0.1, 0.15) is 16.0 Å². The van der Waals surface area contributed by atoms with Gasteiger partial charge in [-0.2, -0.15) is 0 Å². The van der Waals surface area contributed by atoms with Gasteiger partial charge in [0.15, 0.2) is 5.13 Å². The highest BCUT2D eigenvalue weighted by Crippen LogP contribution is 2.34. The first-order valence-electron chi connectivity index (χ1n) is 7.21. The Hall–Kier alpha value is -1.55. The van der Waals surface area contributed by atoms with E-state index in [2.05, 4.69) is 44.3 Å². The molecule has 0 atom stereocenters. The van der Waals surface area contributed by atoms with Crippen molar-refractivity contribution in [3.63, 3.8) is 0 Å². The molecule has 1 aromatic heterocycles. The molecule has 3 rings (SSSR count). The molecule has 23 heavy (non-hydrogen) atoms. The van der Waals surface area contributed by atoms with E-state index in [1.165, 1.54) is 16.0 Å².